The molecule has 0 aliphatic rings. The summed E-state index contributed by atoms with van der Waals surface area (Å²) in [5.74, 6) is -0.926. The molecule has 0 saturated carbocycles. The average Bonchev–Trinajstić information content (AvgIpc) is 2.38. The largest absolute Gasteiger partial charge is 0.480 e. The molecule has 0 fully saturated rings. The van der Waals surface area contributed by atoms with E-state index in [1.54, 1.807) is 0 Å². The van der Waals surface area contributed by atoms with Gasteiger partial charge in [-0.25, -0.2) is 0 Å². The maximum absolute atomic E-state index is 10.9. The van der Waals surface area contributed by atoms with Crippen molar-refractivity contribution in [3.8, 4) is 0 Å². The van der Waals surface area contributed by atoms with E-state index in [9.17, 15) is 9.59 Å². The molecule has 1 aromatic carbocycles. The molecule has 1 amide bonds. The van der Waals surface area contributed by atoms with Gasteiger partial charge in [0.25, 0.3) is 0 Å². The van der Waals surface area contributed by atoms with Crippen molar-refractivity contribution in [2.24, 2.45) is 0 Å². The summed E-state index contributed by atoms with van der Waals surface area (Å²) >= 11 is 0. The van der Waals surface area contributed by atoms with Crippen LogP contribution >= 0.6 is 0 Å². The molecule has 0 aliphatic carbocycles. The van der Waals surface area contributed by atoms with E-state index in [1.807, 2.05) is 43.0 Å². The fraction of sp³-hybridized carbons (Fsp3) is 0.467. The molecule has 1 rings (SSSR count). The Balaban J connectivity index is 2.72. The molecule has 5 heteroatoms. The van der Waals surface area contributed by atoms with Crippen LogP contribution in [0.3, 0.4) is 0 Å². The number of rotatable bonds is 7. The highest BCUT2D eigenvalue weighted by Crippen LogP contribution is 2.14. The van der Waals surface area contributed by atoms with Crippen molar-refractivity contribution >= 4 is 17.6 Å². The van der Waals surface area contributed by atoms with Gasteiger partial charge in [0.05, 0.1) is 6.54 Å². The van der Waals surface area contributed by atoms with Crippen LogP contribution in [-0.4, -0.2) is 34.5 Å². The lowest BCUT2D eigenvalue weighted by Gasteiger charge is -2.26. The van der Waals surface area contributed by atoms with Crippen LogP contribution in [0.1, 0.15) is 32.8 Å². The summed E-state index contributed by atoms with van der Waals surface area (Å²) < 4.78 is 0. The molecular formula is C15H22N2O3. The SMILES string of the molecule is CCC(C)N(CC(=O)O)Cc1ccc(NC(C)=O)cc1. The Kier molecular flexibility index (Phi) is 6.18. The standard InChI is InChI=1S/C15H22N2O3/c1-4-11(2)17(10-15(19)20)9-13-5-7-14(8-6-13)16-12(3)18/h5-8,11H,4,9-10H2,1-3H3,(H,16,18)(H,19,20). The highest BCUT2D eigenvalue weighted by atomic mass is 16.4. The molecule has 1 unspecified atom stereocenters. The van der Waals surface area contributed by atoms with E-state index >= 15 is 0 Å². The first kappa shape index (κ1) is 16.2. The van der Waals surface area contributed by atoms with Gasteiger partial charge < -0.3 is 10.4 Å². The molecule has 1 atom stereocenters. The van der Waals surface area contributed by atoms with Gasteiger partial charge in [-0.05, 0) is 31.0 Å². The van der Waals surface area contributed by atoms with Crippen LogP contribution in [-0.2, 0) is 16.1 Å². The first-order valence-electron chi connectivity index (χ1n) is 6.74. The van der Waals surface area contributed by atoms with Gasteiger partial charge >= 0.3 is 5.97 Å². The minimum Gasteiger partial charge on any atom is -0.480 e. The van der Waals surface area contributed by atoms with E-state index in [-0.39, 0.29) is 18.5 Å². The monoisotopic (exact) mass is 278 g/mol. The Morgan fingerprint density at radius 3 is 2.35 bits per heavy atom. The lowest BCUT2D eigenvalue weighted by Crippen LogP contribution is -2.36. The zero-order chi connectivity index (χ0) is 15.1. The number of aliphatic carboxylic acids is 1. The summed E-state index contributed by atoms with van der Waals surface area (Å²) in [7, 11) is 0. The number of amides is 1. The second-order valence-corrected chi connectivity index (χ2v) is 4.93. The van der Waals surface area contributed by atoms with Crippen molar-refractivity contribution < 1.29 is 14.7 Å². The number of nitrogens with one attached hydrogen (secondary N) is 1. The van der Waals surface area contributed by atoms with Crippen molar-refractivity contribution in [1.29, 1.82) is 0 Å². The van der Waals surface area contributed by atoms with Crippen molar-refractivity contribution in [1.82, 2.24) is 4.90 Å². The molecule has 1 aromatic rings. The van der Waals surface area contributed by atoms with E-state index in [2.05, 4.69) is 5.32 Å². The van der Waals surface area contributed by atoms with Crippen LogP contribution in [0.5, 0.6) is 0 Å². The maximum Gasteiger partial charge on any atom is 0.317 e. The van der Waals surface area contributed by atoms with Crippen molar-refractivity contribution in [2.75, 3.05) is 11.9 Å². The molecular weight excluding hydrogens is 256 g/mol. The van der Waals surface area contributed by atoms with Gasteiger partial charge in [-0.1, -0.05) is 19.1 Å². The van der Waals surface area contributed by atoms with Crippen LogP contribution < -0.4 is 5.32 Å². The van der Waals surface area contributed by atoms with Gasteiger partial charge in [0, 0.05) is 25.2 Å². The second kappa shape index (κ2) is 7.65. The number of hydrogen-bond acceptors (Lipinski definition) is 3. The van der Waals surface area contributed by atoms with Gasteiger partial charge in [0.2, 0.25) is 5.91 Å². The normalized spacial score (nSPS) is 12.2. The summed E-state index contributed by atoms with van der Waals surface area (Å²) in [6.45, 7) is 6.14. The summed E-state index contributed by atoms with van der Waals surface area (Å²) in [6, 6.07) is 7.67. The lowest BCUT2D eigenvalue weighted by molar-refractivity contribution is -0.139. The highest BCUT2D eigenvalue weighted by Gasteiger charge is 2.15. The topological polar surface area (TPSA) is 69.6 Å². The molecule has 5 nitrogen and oxygen atoms in total. The predicted molar refractivity (Wildman–Crippen MR) is 78.5 cm³/mol. The average molecular weight is 278 g/mol. The van der Waals surface area contributed by atoms with Gasteiger partial charge in [0.15, 0.2) is 0 Å². The summed E-state index contributed by atoms with van der Waals surface area (Å²) in [5.41, 5.74) is 1.77. The fourth-order valence-corrected chi connectivity index (χ4v) is 1.93. The third-order valence-corrected chi connectivity index (χ3v) is 3.21. The molecule has 0 aliphatic heterocycles. The van der Waals surface area contributed by atoms with Crippen LogP contribution in [0.25, 0.3) is 0 Å². The quantitative estimate of drug-likeness (QED) is 0.803. The Morgan fingerprint density at radius 2 is 1.90 bits per heavy atom. The molecule has 2 N–H and O–H groups in total. The number of nitrogens with zero attached hydrogens (tertiary/aromatic N) is 1. The van der Waals surface area contributed by atoms with Crippen LogP contribution in [0.15, 0.2) is 24.3 Å². The zero-order valence-corrected chi connectivity index (χ0v) is 12.2. The van der Waals surface area contributed by atoms with Crippen LogP contribution in [0.4, 0.5) is 5.69 Å². The van der Waals surface area contributed by atoms with Crippen molar-refractivity contribution in [3.63, 3.8) is 0 Å². The Hall–Kier alpha value is -1.88. The number of anilines is 1. The third kappa shape index (κ3) is 5.40. The van der Waals surface area contributed by atoms with Crippen LogP contribution in [0.2, 0.25) is 0 Å². The third-order valence-electron chi connectivity index (χ3n) is 3.21. The van der Waals surface area contributed by atoms with Crippen LogP contribution in [0, 0.1) is 0 Å². The van der Waals surface area contributed by atoms with E-state index in [0.29, 0.717) is 6.54 Å². The maximum atomic E-state index is 10.9. The Labute approximate surface area is 119 Å². The molecule has 0 aromatic heterocycles. The first-order valence-corrected chi connectivity index (χ1v) is 6.74. The van der Waals surface area contributed by atoms with Crippen molar-refractivity contribution in [3.05, 3.63) is 29.8 Å². The van der Waals surface area contributed by atoms with Gasteiger partial charge in [-0.2, -0.15) is 0 Å². The fourth-order valence-electron chi connectivity index (χ4n) is 1.93. The van der Waals surface area contributed by atoms with E-state index in [0.717, 1.165) is 17.7 Å². The number of benzene rings is 1. The van der Waals surface area contributed by atoms with Crippen molar-refractivity contribution in [2.45, 2.75) is 39.8 Å². The minimum absolute atomic E-state index is 0.0302. The summed E-state index contributed by atoms with van der Waals surface area (Å²) in [6.07, 6.45) is 0.900. The molecule has 0 spiro atoms. The van der Waals surface area contributed by atoms with E-state index in [4.69, 9.17) is 5.11 Å². The zero-order valence-electron chi connectivity index (χ0n) is 12.2. The van der Waals surface area contributed by atoms with Gasteiger partial charge in [0.1, 0.15) is 0 Å². The molecule has 0 heterocycles. The second-order valence-electron chi connectivity index (χ2n) is 4.93. The number of carboxylic acids is 1. The number of hydrogen-bond donors (Lipinski definition) is 2. The molecule has 0 bridgehead atoms. The Bertz CT molecular complexity index is 457. The number of carboxylic acid groups (broad SMARTS) is 1. The highest BCUT2D eigenvalue weighted by molar-refractivity contribution is 5.88. The molecule has 0 saturated heterocycles. The summed E-state index contributed by atoms with van der Waals surface area (Å²) in [4.78, 5) is 23.8. The number of carbonyl (C=O) groups excluding carboxylic acids is 1. The predicted octanol–water partition coefficient (Wildman–Crippen LogP) is 2.33. The molecule has 110 valence electrons. The van der Waals surface area contributed by atoms with Gasteiger partial charge in [-0.3, -0.25) is 14.5 Å². The van der Waals surface area contributed by atoms with Gasteiger partial charge in [-0.15, -0.1) is 0 Å². The first-order chi connectivity index (χ1) is 9.42. The summed E-state index contributed by atoms with van der Waals surface area (Å²) in [5, 5.41) is 11.7. The molecule has 0 radical (unpaired) electrons. The molecule has 20 heavy (non-hydrogen) atoms. The van der Waals surface area contributed by atoms with E-state index in [1.165, 1.54) is 6.92 Å². The Morgan fingerprint density at radius 1 is 1.30 bits per heavy atom. The minimum atomic E-state index is -0.819. The number of carbonyl (C=O) groups is 2. The lowest BCUT2D eigenvalue weighted by atomic mass is 10.1. The smallest absolute Gasteiger partial charge is 0.317 e. The van der Waals surface area contributed by atoms with E-state index < -0.39 is 5.97 Å².